The molecule has 0 bridgehead atoms. The first-order valence-electron chi connectivity index (χ1n) is 11.6. The molecule has 35 heavy (non-hydrogen) atoms. The molecule has 188 valence electrons. The predicted octanol–water partition coefficient (Wildman–Crippen LogP) is 3.33. The van der Waals surface area contributed by atoms with Gasteiger partial charge in [-0.1, -0.05) is 24.3 Å². The van der Waals surface area contributed by atoms with Gasteiger partial charge >= 0.3 is 0 Å². The van der Waals surface area contributed by atoms with Gasteiger partial charge in [0.15, 0.2) is 11.7 Å². The van der Waals surface area contributed by atoms with E-state index in [9.17, 15) is 20.1 Å². The highest BCUT2D eigenvalue weighted by Crippen LogP contribution is 2.48. The van der Waals surface area contributed by atoms with Crippen LogP contribution in [0, 0.1) is 0 Å². The van der Waals surface area contributed by atoms with E-state index >= 15 is 0 Å². The zero-order valence-electron chi connectivity index (χ0n) is 20.7. The molecule has 4 atom stereocenters. The van der Waals surface area contributed by atoms with E-state index in [1.807, 2.05) is 13.0 Å². The molecule has 4 N–H and O–H groups in total. The molecule has 1 saturated heterocycles. The molecule has 4 rings (SSSR count). The van der Waals surface area contributed by atoms with Crippen molar-refractivity contribution in [3.8, 4) is 11.5 Å². The Balaban J connectivity index is 1.77. The van der Waals surface area contributed by atoms with Crippen LogP contribution in [0.1, 0.15) is 50.3 Å². The summed E-state index contributed by atoms with van der Waals surface area (Å²) in [6.45, 7) is 5.38. The van der Waals surface area contributed by atoms with Crippen LogP contribution in [0.5, 0.6) is 11.5 Å². The lowest BCUT2D eigenvalue weighted by atomic mass is 9.76. The molecule has 1 amide bonds. The number of phenols is 1. The maximum atomic E-state index is 12.8. The van der Waals surface area contributed by atoms with Crippen molar-refractivity contribution in [2.24, 2.45) is 0 Å². The number of carbonyl (C=O) groups is 1. The smallest absolute Gasteiger partial charge is 0.257 e. The summed E-state index contributed by atoms with van der Waals surface area (Å²) in [5.41, 5.74) is -2.28. The Morgan fingerprint density at radius 2 is 1.86 bits per heavy atom. The summed E-state index contributed by atoms with van der Waals surface area (Å²) in [4.78, 5) is 12.8. The minimum absolute atomic E-state index is 0.142. The largest absolute Gasteiger partial charge is 0.507 e. The molecule has 2 aliphatic heterocycles. The van der Waals surface area contributed by atoms with Gasteiger partial charge in [0.2, 0.25) is 0 Å². The Morgan fingerprint density at radius 1 is 1.17 bits per heavy atom. The second-order valence-electron chi connectivity index (χ2n) is 9.97. The highest BCUT2D eigenvalue weighted by Gasteiger charge is 2.51. The van der Waals surface area contributed by atoms with E-state index in [0.29, 0.717) is 35.4 Å². The average molecular weight is 484 g/mol. The summed E-state index contributed by atoms with van der Waals surface area (Å²) in [6.07, 6.45) is 3.40. The highest BCUT2D eigenvalue weighted by molar-refractivity contribution is 6.00. The normalized spacial score (nSPS) is 28.7. The molecule has 2 aromatic carbocycles. The molecule has 0 radical (unpaired) electrons. The summed E-state index contributed by atoms with van der Waals surface area (Å²) in [6, 6.07) is 9.93. The number of rotatable bonds is 6. The number of aromatic hydroxyl groups is 1. The molecule has 8 heteroatoms. The highest BCUT2D eigenvalue weighted by atomic mass is 16.5. The van der Waals surface area contributed by atoms with Gasteiger partial charge in [0.1, 0.15) is 11.5 Å². The number of hydrogen-bond acceptors (Lipinski definition) is 7. The minimum Gasteiger partial charge on any atom is -0.507 e. The molecule has 0 saturated carbocycles. The van der Waals surface area contributed by atoms with Crippen LogP contribution in [0.4, 0.5) is 5.69 Å². The van der Waals surface area contributed by atoms with Gasteiger partial charge in [-0.2, -0.15) is 0 Å². The number of anilines is 1. The third-order valence-electron chi connectivity index (χ3n) is 6.95. The Hall–Kier alpha value is -2.91. The fourth-order valence-electron chi connectivity index (χ4n) is 4.92. The van der Waals surface area contributed by atoms with E-state index < -0.39 is 28.8 Å². The molecule has 0 aromatic heterocycles. The van der Waals surface area contributed by atoms with Gasteiger partial charge in [0.05, 0.1) is 35.7 Å². The monoisotopic (exact) mass is 483 g/mol. The molecule has 0 spiro atoms. The van der Waals surface area contributed by atoms with Gasteiger partial charge < -0.3 is 34.8 Å². The zero-order valence-corrected chi connectivity index (χ0v) is 20.7. The second kappa shape index (κ2) is 8.95. The minimum atomic E-state index is -1.95. The average Bonchev–Trinajstić information content (AvgIpc) is 3.21. The summed E-state index contributed by atoms with van der Waals surface area (Å²) in [5.74, 6) is -0.118. The Morgan fingerprint density at radius 3 is 2.43 bits per heavy atom. The van der Waals surface area contributed by atoms with Crippen molar-refractivity contribution in [2.75, 3.05) is 19.5 Å². The topological polar surface area (TPSA) is 117 Å². The Kier molecular flexibility index (Phi) is 6.44. The lowest BCUT2D eigenvalue weighted by molar-refractivity contribution is -0.142. The Labute approximate surface area is 205 Å². The van der Waals surface area contributed by atoms with Crippen LogP contribution >= 0.6 is 0 Å². The van der Waals surface area contributed by atoms with Crippen molar-refractivity contribution in [3.05, 3.63) is 59.2 Å². The maximum absolute atomic E-state index is 12.8. The predicted molar refractivity (Wildman–Crippen MR) is 131 cm³/mol. The lowest BCUT2D eigenvalue weighted by Crippen LogP contribution is -2.52. The fourth-order valence-corrected chi connectivity index (χ4v) is 4.92. The SMILES string of the molecule is COc1ccc(C2(O)c3c(ccc(C=CC4(C)CCC(C(C)(C)O)O4)c3O)NC(=O)C2OC)cc1. The Bertz CT molecular complexity index is 1140. The lowest BCUT2D eigenvalue weighted by Gasteiger charge is -2.40. The summed E-state index contributed by atoms with van der Waals surface area (Å²) in [7, 11) is 2.87. The van der Waals surface area contributed by atoms with Crippen molar-refractivity contribution >= 4 is 17.7 Å². The molecule has 8 nitrogen and oxygen atoms in total. The van der Waals surface area contributed by atoms with E-state index in [2.05, 4.69) is 5.32 Å². The first kappa shape index (κ1) is 25.2. The molecule has 2 aromatic rings. The van der Waals surface area contributed by atoms with Crippen molar-refractivity contribution in [1.82, 2.24) is 0 Å². The first-order valence-corrected chi connectivity index (χ1v) is 11.6. The molecular formula is C27H33NO7. The number of aliphatic hydroxyl groups is 2. The van der Waals surface area contributed by atoms with Crippen LogP contribution in [0.3, 0.4) is 0 Å². The van der Waals surface area contributed by atoms with E-state index in [1.165, 1.54) is 14.2 Å². The first-order chi connectivity index (χ1) is 16.4. The van der Waals surface area contributed by atoms with Crippen LogP contribution in [0.25, 0.3) is 6.08 Å². The van der Waals surface area contributed by atoms with Crippen LogP contribution in [0.15, 0.2) is 42.5 Å². The van der Waals surface area contributed by atoms with E-state index in [4.69, 9.17) is 14.2 Å². The molecule has 2 aliphatic rings. The third-order valence-corrected chi connectivity index (χ3v) is 6.95. The number of hydrogen-bond donors (Lipinski definition) is 4. The van der Waals surface area contributed by atoms with Gasteiger partial charge in [-0.05, 0) is 63.4 Å². The molecule has 0 aliphatic carbocycles. The number of phenolic OH excluding ortho intramolecular Hbond substituents is 1. The van der Waals surface area contributed by atoms with E-state index in [0.717, 1.165) is 0 Å². The number of amides is 1. The quantitative estimate of drug-likeness (QED) is 0.498. The van der Waals surface area contributed by atoms with Gasteiger partial charge in [0.25, 0.3) is 5.91 Å². The maximum Gasteiger partial charge on any atom is 0.257 e. The number of nitrogens with one attached hydrogen (secondary N) is 1. The van der Waals surface area contributed by atoms with Crippen LogP contribution < -0.4 is 10.1 Å². The standard InChI is InChI=1S/C27H33NO7/c1-25(2,31)20-13-15-26(3,35-20)14-12-16-6-11-19-21(22(16)29)27(32,23(34-5)24(30)28-19)17-7-9-18(33-4)10-8-17/h6-12,14,20,23,29,31-32H,13,15H2,1-5H3,(H,28,30). The fraction of sp³-hybridized carbons (Fsp3) is 0.444. The van der Waals surface area contributed by atoms with Gasteiger partial charge in [-0.3, -0.25) is 4.79 Å². The second-order valence-corrected chi connectivity index (χ2v) is 9.97. The van der Waals surface area contributed by atoms with Crippen LogP contribution in [-0.2, 0) is 19.9 Å². The summed E-state index contributed by atoms with van der Waals surface area (Å²) < 4.78 is 16.7. The van der Waals surface area contributed by atoms with Gasteiger partial charge in [-0.15, -0.1) is 0 Å². The zero-order chi connectivity index (χ0) is 25.6. The van der Waals surface area contributed by atoms with Crippen LogP contribution in [0.2, 0.25) is 0 Å². The van der Waals surface area contributed by atoms with Crippen molar-refractivity contribution in [3.63, 3.8) is 0 Å². The molecule has 1 fully saturated rings. The molecular weight excluding hydrogens is 450 g/mol. The van der Waals surface area contributed by atoms with Crippen LogP contribution in [-0.4, -0.2) is 58.9 Å². The number of benzene rings is 2. The van der Waals surface area contributed by atoms with Crippen molar-refractivity contribution in [2.45, 2.75) is 62.6 Å². The number of fused-ring (bicyclic) bond motifs is 1. The molecule has 2 heterocycles. The van der Waals surface area contributed by atoms with Gasteiger partial charge in [-0.25, -0.2) is 0 Å². The number of carbonyl (C=O) groups excluding carboxylic acids is 1. The summed E-state index contributed by atoms with van der Waals surface area (Å²) >= 11 is 0. The van der Waals surface area contributed by atoms with E-state index in [-0.39, 0.29) is 17.4 Å². The third kappa shape index (κ3) is 4.43. The number of methoxy groups -OCH3 is 2. The summed E-state index contributed by atoms with van der Waals surface area (Å²) in [5, 5.41) is 36.4. The molecule has 4 unspecified atom stereocenters. The van der Waals surface area contributed by atoms with Crippen molar-refractivity contribution in [1.29, 1.82) is 0 Å². The van der Waals surface area contributed by atoms with Gasteiger partial charge in [0, 0.05) is 12.7 Å². The number of ether oxygens (including phenoxy) is 3. The van der Waals surface area contributed by atoms with Crippen molar-refractivity contribution < 1.29 is 34.3 Å². The van der Waals surface area contributed by atoms with E-state index in [1.54, 1.807) is 56.3 Å².